The second-order valence-electron chi connectivity index (χ2n) is 8.22. The Hall–Kier alpha value is -2.77. The van der Waals surface area contributed by atoms with Crippen LogP contribution in [-0.2, 0) is 9.47 Å². The molecule has 7 nitrogen and oxygen atoms in total. The standard InChI is InChI=1S/C20H22FN3O4/c1-10(2)28-18(25)23-17-14(20(3)6-7-27-19(26)24(20)23)9-13-12-8-11(21)4-5-15(12)22-16(13)17/h4-5,8-10,13,16-17,22H,6-7H2,1-3H3/t13-,16+,17+,20-/m1/s1. The number of anilines is 1. The highest BCUT2D eigenvalue weighted by Crippen LogP contribution is 2.55. The third-order valence-electron chi connectivity index (χ3n) is 6.18. The summed E-state index contributed by atoms with van der Waals surface area (Å²) in [5.74, 6) is -0.362. The van der Waals surface area contributed by atoms with Crippen molar-refractivity contribution in [2.45, 2.75) is 56.8 Å². The van der Waals surface area contributed by atoms with Crippen LogP contribution in [0.1, 0.15) is 38.7 Å². The number of hydrogen-bond acceptors (Lipinski definition) is 5. The van der Waals surface area contributed by atoms with E-state index in [2.05, 4.69) is 11.4 Å². The van der Waals surface area contributed by atoms with Crippen LogP contribution in [-0.4, -0.2) is 52.5 Å². The maximum absolute atomic E-state index is 13.9. The Morgan fingerprint density at radius 2 is 2.21 bits per heavy atom. The van der Waals surface area contributed by atoms with Crippen LogP contribution in [0.5, 0.6) is 0 Å². The number of ether oxygens (including phenoxy) is 2. The third-order valence-corrected chi connectivity index (χ3v) is 6.18. The molecule has 1 aromatic rings. The molecule has 0 aromatic heterocycles. The summed E-state index contributed by atoms with van der Waals surface area (Å²) in [4.78, 5) is 25.6. The van der Waals surface area contributed by atoms with Crippen LogP contribution >= 0.6 is 0 Å². The number of carbonyl (C=O) groups is 2. The molecule has 1 N–H and O–H groups in total. The minimum absolute atomic E-state index is 0.0722. The molecule has 3 aliphatic heterocycles. The zero-order valence-electron chi connectivity index (χ0n) is 15.9. The lowest BCUT2D eigenvalue weighted by molar-refractivity contribution is -0.0754. The van der Waals surface area contributed by atoms with Gasteiger partial charge in [-0.1, -0.05) is 6.08 Å². The molecule has 4 aliphatic rings. The predicted octanol–water partition coefficient (Wildman–Crippen LogP) is 3.39. The number of halogens is 1. The molecule has 1 aromatic carbocycles. The van der Waals surface area contributed by atoms with Gasteiger partial charge in [-0.2, -0.15) is 0 Å². The average molecular weight is 387 g/mol. The fraction of sp³-hybridized carbons (Fsp3) is 0.500. The molecule has 2 amide bonds. The van der Waals surface area contributed by atoms with Gasteiger partial charge in [-0.3, -0.25) is 0 Å². The van der Waals surface area contributed by atoms with Gasteiger partial charge in [-0.25, -0.2) is 24.0 Å². The van der Waals surface area contributed by atoms with Crippen molar-refractivity contribution >= 4 is 17.9 Å². The van der Waals surface area contributed by atoms with E-state index in [0.717, 1.165) is 16.8 Å². The summed E-state index contributed by atoms with van der Waals surface area (Å²) < 4.78 is 24.5. The van der Waals surface area contributed by atoms with Gasteiger partial charge in [0.25, 0.3) is 0 Å². The van der Waals surface area contributed by atoms with Crippen LogP contribution in [0.4, 0.5) is 19.7 Å². The number of hydrogen-bond donors (Lipinski definition) is 1. The van der Waals surface area contributed by atoms with E-state index in [0.29, 0.717) is 6.42 Å². The topological polar surface area (TPSA) is 71.1 Å². The Morgan fingerprint density at radius 1 is 1.43 bits per heavy atom. The average Bonchev–Trinajstić information content (AvgIpc) is 3.22. The highest BCUT2D eigenvalue weighted by Gasteiger charge is 2.64. The van der Waals surface area contributed by atoms with Crippen LogP contribution in [0.15, 0.2) is 29.8 Å². The molecule has 0 saturated carbocycles. The molecule has 0 bridgehead atoms. The van der Waals surface area contributed by atoms with Crippen molar-refractivity contribution < 1.29 is 23.5 Å². The van der Waals surface area contributed by atoms with Gasteiger partial charge in [-0.05, 0) is 50.1 Å². The molecule has 0 spiro atoms. The van der Waals surface area contributed by atoms with E-state index in [1.54, 1.807) is 19.9 Å². The van der Waals surface area contributed by atoms with E-state index in [1.807, 2.05) is 6.92 Å². The summed E-state index contributed by atoms with van der Waals surface area (Å²) in [6.07, 6.45) is 1.19. The van der Waals surface area contributed by atoms with Crippen molar-refractivity contribution in [1.29, 1.82) is 0 Å². The maximum Gasteiger partial charge on any atom is 0.429 e. The predicted molar refractivity (Wildman–Crippen MR) is 98.1 cm³/mol. The quantitative estimate of drug-likeness (QED) is 0.748. The summed E-state index contributed by atoms with van der Waals surface area (Å²) in [7, 11) is 0. The van der Waals surface area contributed by atoms with Crippen molar-refractivity contribution in [2.24, 2.45) is 0 Å². The molecule has 5 rings (SSSR count). The fourth-order valence-electron chi connectivity index (χ4n) is 5.01. The van der Waals surface area contributed by atoms with Gasteiger partial charge >= 0.3 is 12.2 Å². The molecular formula is C20H22FN3O4. The first-order chi connectivity index (χ1) is 13.3. The first-order valence-electron chi connectivity index (χ1n) is 9.56. The fourth-order valence-corrected chi connectivity index (χ4v) is 5.01. The van der Waals surface area contributed by atoms with E-state index < -0.39 is 23.8 Å². The molecular weight excluding hydrogens is 365 g/mol. The number of carbonyl (C=O) groups excluding carboxylic acids is 2. The number of hydrazine groups is 1. The van der Waals surface area contributed by atoms with Crippen molar-refractivity contribution in [2.75, 3.05) is 11.9 Å². The minimum atomic E-state index is -0.671. The normalized spacial score (nSPS) is 32.2. The number of nitrogens with one attached hydrogen (secondary N) is 1. The first-order valence-corrected chi connectivity index (χ1v) is 9.56. The second kappa shape index (κ2) is 5.62. The van der Waals surface area contributed by atoms with Gasteiger partial charge in [0.2, 0.25) is 0 Å². The van der Waals surface area contributed by atoms with Crippen LogP contribution < -0.4 is 5.32 Å². The Balaban J connectivity index is 1.62. The number of nitrogens with zero attached hydrogens (tertiary/aromatic N) is 2. The van der Waals surface area contributed by atoms with E-state index in [4.69, 9.17) is 9.47 Å². The van der Waals surface area contributed by atoms with Crippen molar-refractivity contribution in [3.8, 4) is 0 Å². The summed E-state index contributed by atoms with van der Waals surface area (Å²) >= 11 is 0. The Bertz CT molecular complexity index is 917. The zero-order chi connectivity index (χ0) is 19.8. The first kappa shape index (κ1) is 17.3. The van der Waals surface area contributed by atoms with Gasteiger partial charge in [-0.15, -0.1) is 0 Å². The largest absolute Gasteiger partial charge is 0.448 e. The molecule has 2 saturated heterocycles. The van der Waals surface area contributed by atoms with E-state index in [1.165, 1.54) is 22.2 Å². The Morgan fingerprint density at radius 3 is 2.96 bits per heavy atom. The smallest absolute Gasteiger partial charge is 0.429 e. The van der Waals surface area contributed by atoms with Gasteiger partial charge in [0.05, 0.1) is 24.3 Å². The minimum Gasteiger partial charge on any atom is -0.448 e. The number of fused-ring (bicyclic) bond motifs is 7. The molecule has 3 heterocycles. The number of amides is 2. The SMILES string of the molecule is CC(C)OC(=O)N1[C@H]2C(=C[C@@H]3c4cc(F)ccc4N[C@@H]32)[C@@]2(C)CCOC(=O)N12. The Labute approximate surface area is 162 Å². The molecule has 2 fully saturated rings. The summed E-state index contributed by atoms with van der Waals surface area (Å²) in [6, 6.07) is 4.07. The van der Waals surface area contributed by atoms with Crippen LogP contribution in [0.3, 0.4) is 0 Å². The van der Waals surface area contributed by atoms with Crippen molar-refractivity contribution in [3.63, 3.8) is 0 Å². The number of benzene rings is 1. The lowest BCUT2D eigenvalue weighted by Crippen LogP contribution is -2.59. The summed E-state index contributed by atoms with van der Waals surface area (Å²) in [6.45, 7) is 5.77. The van der Waals surface area contributed by atoms with Gasteiger partial charge in [0, 0.05) is 18.0 Å². The van der Waals surface area contributed by atoms with Crippen molar-refractivity contribution in [1.82, 2.24) is 10.0 Å². The molecule has 8 heteroatoms. The van der Waals surface area contributed by atoms with Crippen molar-refractivity contribution in [3.05, 3.63) is 41.2 Å². The van der Waals surface area contributed by atoms with E-state index in [-0.39, 0.29) is 30.5 Å². The maximum atomic E-state index is 13.9. The molecule has 28 heavy (non-hydrogen) atoms. The highest BCUT2D eigenvalue weighted by atomic mass is 19.1. The lowest BCUT2D eigenvalue weighted by Gasteiger charge is -2.42. The summed E-state index contributed by atoms with van der Waals surface area (Å²) in [5, 5.41) is 6.23. The second-order valence-corrected chi connectivity index (χ2v) is 8.22. The molecule has 0 radical (unpaired) electrons. The molecule has 1 aliphatic carbocycles. The third kappa shape index (κ3) is 2.14. The van der Waals surface area contributed by atoms with Crippen LogP contribution in [0.25, 0.3) is 0 Å². The zero-order valence-corrected chi connectivity index (χ0v) is 15.9. The number of rotatable bonds is 1. The van der Waals surface area contributed by atoms with Gasteiger partial charge < -0.3 is 14.8 Å². The summed E-state index contributed by atoms with van der Waals surface area (Å²) in [5.41, 5.74) is 2.02. The lowest BCUT2D eigenvalue weighted by atomic mass is 9.86. The van der Waals surface area contributed by atoms with Gasteiger partial charge in [0.15, 0.2) is 0 Å². The highest BCUT2D eigenvalue weighted by molar-refractivity contribution is 5.80. The van der Waals surface area contributed by atoms with Crippen LogP contribution in [0.2, 0.25) is 0 Å². The number of cyclic esters (lactones) is 1. The van der Waals surface area contributed by atoms with Gasteiger partial charge in [0.1, 0.15) is 11.9 Å². The van der Waals surface area contributed by atoms with E-state index in [9.17, 15) is 14.0 Å². The Kier molecular flexibility index (Phi) is 3.48. The van der Waals surface area contributed by atoms with Crippen LogP contribution in [0, 0.1) is 5.82 Å². The molecule has 148 valence electrons. The molecule has 4 atom stereocenters. The monoisotopic (exact) mass is 387 g/mol. The molecule has 0 unspecified atom stereocenters. The van der Waals surface area contributed by atoms with E-state index >= 15 is 0 Å².